The van der Waals surface area contributed by atoms with Gasteiger partial charge in [0.1, 0.15) is 11.3 Å². The largest absolute Gasteiger partial charge is 0.491 e. The first-order chi connectivity index (χ1) is 13.0. The number of amides is 2. The van der Waals surface area contributed by atoms with E-state index < -0.39 is 5.97 Å². The lowest BCUT2D eigenvalue weighted by Gasteiger charge is -2.16. The fourth-order valence-corrected chi connectivity index (χ4v) is 3.31. The molecular formula is C19H17BrN2O5. The minimum absolute atomic E-state index is 0.132. The summed E-state index contributed by atoms with van der Waals surface area (Å²) in [7, 11) is 1.26. The molecule has 0 aromatic heterocycles. The number of hydrogen-bond acceptors (Lipinski definition) is 6. The molecule has 27 heavy (non-hydrogen) atoms. The first-order valence-corrected chi connectivity index (χ1v) is 8.99. The fourth-order valence-electron chi connectivity index (χ4n) is 2.87. The van der Waals surface area contributed by atoms with Gasteiger partial charge in [0.2, 0.25) is 0 Å². The predicted octanol–water partition coefficient (Wildman–Crippen LogP) is 2.88. The van der Waals surface area contributed by atoms with E-state index in [1.54, 1.807) is 36.4 Å². The van der Waals surface area contributed by atoms with Gasteiger partial charge in [0.05, 0.1) is 29.3 Å². The number of ether oxygens (including phenoxy) is 2. The van der Waals surface area contributed by atoms with E-state index in [0.717, 1.165) is 0 Å². The van der Waals surface area contributed by atoms with Gasteiger partial charge in [0.15, 0.2) is 0 Å². The number of benzene rings is 2. The lowest BCUT2D eigenvalue weighted by molar-refractivity contribution is 0.0596. The minimum atomic E-state index is -0.607. The third kappa shape index (κ3) is 3.52. The molecule has 0 bridgehead atoms. The van der Waals surface area contributed by atoms with Gasteiger partial charge in [-0.25, -0.2) is 4.79 Å². The number of nitrogens with zero attached hydrogens (tertiary/aromatic N) is 1. The predicted molar refractivity (Wildman–Crippen MR) is 102 cm³/mol. The van der Waals surface area contributed by atoms with Crippen molar-refractivity contribution in [1.82, 2.24) is 4.90 Å². The number of halogens is 1. The van der Waals surface area contributed by atoms with Crippen LogP contribution in [0.15, 0.2) is 40.9 Å². The number of methoxy groups -OCH3 is 1. The van der Waals surface area contributed by atoms with Crippen LogP contribution in [0, 0.1) is 0 Å². The molecule has 1 heterocycles. The zero-order valence-electron chi connectivity index (χ0n) is 14.5. The number of rotatable bonds is 6. The molecule has 2 aromatic rings. The topological polar surface area (TPSA) is 98.9 Å². The van der Waals surface area contributed by atoms with Gasteiger partial charge >= 0.3 is 5.97 Å². The number of nitrogens with two attached hydrogens (primary N) is 1. The number of esters is 1. The van der Waals surface area contributed by atoms with Gasteiger partial charge in [-0.1, -0.05) is 12.1 Å². The maximum absolute atomic E-state index is 12.3. The van der Waals surface area contributed by atoms with Crippen LogP contribution >= 0.6 is 15.9 Å². The van der Waals surface area contributed by atoms with Gasteiger partial charge in [0, 0.05) is 12.2 Å². The Hall–Kier alpha value is -2.87. The summed E-state index contributed by atoms with van der Waals surface area (Å²) in [4.78, 5) is 37.8. The molecule has 0 radical (unpaired) electrons. The average Bonchev–Trinajstić information content (AvgIpc) is 2.92. The van der Waals surface area contributed by atoms with Crippen LogP contribution in [0.5, 0.6) is 5.75 Å². The molecule has 8 heteroatoms. The van der Waals surface area contributed by atoms with Gasteiger partial charge in [-0.2, -0.15) is 0 Å². The Morgan fingerprint density at radius 1 is 1.11 bits per heavy atom. The maximum Gasteiger partial charge on any atom is 0.343 e. The Morgan fingerprint density at radius 2 is 1.74 bits per heavy atom. The summed E-state index contributed by atoms with van der Waals surface area (Å²) in [6.45, 7) is 0.388. The number of anilines is 1. The Kier molecular flexibility index (Phi) is 5.46. The molecule has 3 rings (SSSR count). The SMILES string of the molecule is COC(=O)c1c(N)ccc(Br)c1OCCCN1C(=O)c2ccccc2C1=O. The summed E-state index contributed by atoms with van der Waals surface area (Å²) in [5, 5.41) is 0. The van der Waals surface area contributed by atoms with Crippen molar-refractivity contribution in [2.24, 2.45) is 0 Å². The van der Waals surface area contributed by atoms with E-state index in [1.165, 1.54) is 12.0 Å². The van der Waals surface area contributed by atoms with Crippen LogP contribution in [0.2, 0.25) is 0 Å². The second kappa shape index (κ2) is 7.79. The van der Waals surface area contributed by atoms with Crippen LogP contribution in [0.4, 0.5) is 5.69 Å². The molecule has 7 nitrogen and oxygen atoms in total. The Morgan fingerprint density at radius 3 is 2.33 bits per heavy atom. The van der Waals surface area contributed by atoms with Crippen LogP contribution in [-0.4, -0.2) is 42.9 Å². The third-order valence-electron chi connectivity index (χ3n) is 4.18. The van der Waals surface area contributed by atoms with E-state index in [1.807, 2.05) is 0 Å². The molecule has 2 amide bonds. The molecule has 0 atom stereocenters. The van der Waals surface area contributed by atoms with E-state index in [2.05, 4.69) is 15.9 Å². The van der Waals surface area contributed by atoms with Crippen molar-refractivity contribution in [3.05, 3.63) is 57.6 Å². The van der Waals surface area contributed by atoms with Crippen LogP contribution in [0.3, 0.4) is 0 Å². The van der Waals surface area contributed by atoms with Gasteiger partial charge in [-0.15, -0.1) is 0 Å². The lowest BCUT2D eigenvalue weighted by Crippen LogP contribution is -2.31. The van der Waals surface area contributed by atoms with Crippen molar-refractivity contribution in [2.45, 2.75) is 6.42 Å². The quantitative estimate of drug-likeness (QED) is 0.326. The Bertz CT molecular complexity index is 893. The zero-order chi connectivity index (χ0) is 19.6. The van der Waals surface area contributed by atoms with Crippen molar-refractivity contribution in [1.29, 1.82) is 0 Å². The third-order valence-corrected chi connectivity index (χ3v) is 4.81. The highest BCUT2D eigenvalue weighted by atomic mass is 79.9. The van der Waals surface area contributed by atoms with E-state index in [9.17, 15) is 14.4 Å². The van der Waals surface area contributed by atoms with E-state index in [-0.39, 0.29) is 42.0 Å². The first-order valence-electron chi connectivity index (χ1n) is 8.20. The second-order valence-corrected chi connectivity index (χ2v) is 6.70. The van der Waals surface area contributed by atoms with Gasteiger partial charge in [0.25, 0.3) is 11.8 Å². The number of imide groups is 1. The van der Waals surface area contributed by atoms with Crippen molar-refractivity contribution >= 4 is 39.4 Å². The number of hydrogen-bond donors (Lipinski definition) is 1. The molecule has 1 aliphatic rings. The van der Waals surface area contributed by atoms with Gasteiger partial charge in [-0.3, -0.25) is 14.5 Å². The molecule has 0 spiro atoms. The smallest absolute Gasteiger partial charge is 0.343 e. The highest BCUT2D eigenvalue weighted by Crippen LogP contribution is 2.34. The molecule has 0 aliphatic carbocycles. The summed E-state index contributed by atoms with van der Waals surface area (Å²) in [5.41, 5.74) is 7.05. The fraction of sp³-hybridized carbons (Fsp3) is 0.211. The van der Waals surface area contributed by atoms with Crippen LogP contribution in [-0.2, 0) is 4.74 Å². The minimum Gasteiger partial charge on any atom is -0.491 e. The van der Waals surface area contributed by atoms with Crippen LogP contribution in [0.1, 0.15) is 37.5 Å². The standard InChI is InChI=1S/C19H17BrN2O5/c1-26-19(25)15-14(21)8-7-13(20)16(15)27-10-4-9-22-17(23)11-5-2-3-6-12(11)18(22)24/h2-3,5-8H,4,9-10,21H2,1H3. The number of nitrogen functional groups attached to an aromatic ring is 1. The van der Waals surface area contributed by atoms with E-state index >= 15 is 0 Å². The van der Waals surface area contributed by atoms with Crippen molar-refractivity contribution < 1.29 is 23.9 Å². The summed E-state index contributed by atoms with van der Waals surface area (Å²) in [5.74, 6) is -0.958. The van der Waals surface area contributed by atoms with Gasteiger partial charge in [-0.05, 0) is 46.6 Å². The molecule has 1 aliphatic heterocycles. The molecule has 0 saturated heterocycles. The molecule has 0 unspecified atom stereocenters. The van der Waals surface area contributed by atoms with E-state index in [4.69, 9.17) is 15.2 Å². The zero-order valence-corrected chi connectivity index (χ0v) is 16.1. The lowest BCUT2D eigenvalue weighted by atomic mass is 10.1. The summed E-state index contributed by atoms with van der Waals surface area (Å²) in [6.07, 6.45) is 0.396. The van der Waals surface area contributed by atoms with Crippen molar-refractivity contribution in [3.63, 3.8) is 0 Å². The van der Waals surface area contributed by atoms with Crippen molar-refractivity contribution in [2.75, 3.05) is 26.0 Å². The average molecular weight is 433 g/mol. The molecule has 0 saturated carbocycles. The van der Waals surface area contributed by atoms with Crippen LogP contribution < -0.4 is 10.5 Å². The first kappa shape index (κ1) is 18.9. The van der Waals surface area contributed by atoms with Crippen molar-refractivity contribution in [3.8, 4) is 5.75 Å². The summed E-state index contributed by atoms with van der Waals surface area (Å²) >= 11 is 3.33. The molecule has 0 fully saturated rings. The molecule has 2 N–H and O–H groups in total. The Labute approximate surface area is 164 Å². The number of fused-ring (bicyclic) bond motifs is 1. The second-order valence-electron chi connectivity index (χ2n) is 5.84. The molecule has 140 valence electrons. The van der Waals surface area contributed by atoms with Gasteiger partial charge < -0.3 is 15.2 Å². The summed E-state index contributed by atoms with van der Waals surface area (Å²) < 4.78 is 11.0. The maximum atomic E-state index is 12.3. The number of carbonyl (C=O) groups excluding carboxylic acids is 3. The van der Waals surface area contributed by atoms with Crippen LogP contribution in [0.25, 0.3) is 0 Å². The van der Waals surface area contributed by atoms with E-state index in [0.29, 0.717) is 22.0 Å². The molecular weight excluding hydrogens is 416 g/mol. The Balaban J connectivity index is 1.65. The number of carbonyl (C=O) groups is 3. The highest BCUT2D eigenvalue weighted by molar-refractivity contribution is 9.10. The summed E-state index contributed by atoms with van der Waals surface area (Å²) in [6, 6.07) is 9.96. The normalized spacial score (nSPS) is 12.9. The monoisotopic (exact) mass is 432 g/mol. The molecule has 2 aromatic carbocycles. The highest BCUT2D eigenvalue weighted by Gasteiger charge is 2.34.